The van der Waals surface area contributed by atoms with Crippen molar-refractivity contribution in [3.63, 3.8) is 0 Å². The van der Waals surface area contributed by atoms with Gasteiger partial charge < -0.3 is 5.11 Å². The number of benzene rings is 1. The van der Waals surface area contributed by atoms with Gasteiger partial charge in [-0.3, -0.25) is 0 Å². The van der Waals surface area contributed by atoms with E-state index in [1.54, 1.807) is 6.92 Å². The quantitative estimate of drug-likeness (QED) is 0.792. The predicted octanol–water partition coefficient (Wildman–Crippen LogP) is 2.96. The molecular weight excluding hydrogens is 184 g/mol. The van der Waals surface area contributed by atoms with Gasteiger partial charge in [-0.2, -0.15) is 0 Å². The monoisotopic (exact) mass is 198 g/mol. The molecule has 0 aliphatic rings. The molecule has 72 valence electrons. The lowest BCUT2D eigenvalue weighted by atomic mass is 10.1. The summed E-state index contributed by atoms with van der Waals surface area (Å²) in [7, 11) is 0. The van der Waals surface area contributed by atoms with Gasteiger partial charge in [0.2, 0.25) is 0 Å². The zero-order chi connectivity index (χ0) is 9.84. The van der Waals surface area contributed by atoms with Crippen molar-refractivity contribution < 1.29 is 5.11 Å². The van der Waals surface area contributed by atoms with Gasteiger partial charge in [-0.05, 0) is 43.9 Å². The van der Waals surface area contributed by atoms with Crippen LogP contribution in [0.25, 0.3) is 0 Å². The van der Waals surface area contributed by atoms with E-state index in [1.807, 2.05) is 25.1 Å². The van der Waals surface area contributed by atoms with Gasteiger partial charge in [-0.1, -0.05) is 23.7 Å². The second-order valence-corrected chi connectivity index (χ2v) is 3.89. The number of aliphatic hydroxyl groups is 1. The molecule has 0 fully saturated rings. The third-order valence-corrected chi connectivity index (χ3v) is 2.39. The third kappa shape index (κ3) is 3.37. The molecule has 1 N–H and O–H groups in total. The van der Waals surface area contributed by atoms with Crippen molar-refractivity contribution in [1.82, 2.24) is 0 Å². The Bertz CT molecular complexity index is 281. The molecule has 0 amide bonds. The average Bonchev–Trinajstić information content (AvgIpc) is 2.02. The number of aryl methyl sites for hydroxylation is 2. The summed E-state index contributed by atoms with van der Waals surface area (Å²) in [6.07, 6.45) is 1.36. The van der Waals surface area contributed by atoms with Crippen molar-refractivity contribution >= 4 is 11.6 Å². The van der Waals surface area contributed by atoms with E-state index >= 15 is 0 Å². The summed E-state index contributed by atoms with van der Waals surface area (Å²) in [5, 5.41) is 9.92. The van der Waals surface area contributed by atoms with E-state index in [0.717, 1.165) is 23.4 Å². The lowest BCUT2D eigenvalue weighted by molar-refractivity contribution is 0.185. The van der Waals surface area contributed by atoms with Crippen LogP contribution in [0.15, 0.2) is 18.2 Å². The minimum absolute atomic E-state index is 0.252. The maximum atomic E-state index is 9.12. The molecule has 0 saturated carbocycles. The third-order valence-electron chi connectivity index (χ3n) is 2.04. The molecule has 0 saturated heterocycles. The first-order chi connectivity index (χ1) is 6.09. The molecule has 0 aliphatic carbocycles. The highest BCUT2D eigenvalue weighted by Gasteiger charge is 2.02. The second kappa shape index (κ2) is 4.64. The van der Waals surface area contributed by atoms with Crippen molar-refractivity contribution in [2.75, 3.05) is 0 Å². The summed E-state index contributed by atoms with van der Waals surface area (Å²) in [5.41, 5.74) is 2.29. The van der Waals surface area contributed by atoms with Gasteiger partial charge in [0.1, 0.15) is 0 Å². The Morgan fingerprint density at radius 1 is 1.46 bits per heavy atom. The fourth-order valence-corrected chi connectivity index (χ4v) is 1.55. The topological polar surface area (TPSA) is 20.2 Å². The Morgan fingerprint density at radius 3 is 2.69 bits per heavy atom. The van der Waals surface area contributed by atoms with Crippen LogP contribution in [-0.4, -0.2) is 11.2 Å². The van der Waals surface area contributed by atoms with E-state index in [9.17, 15) is 0 Å². The Hall–Kier alpha value is -0.530. The molecule has 0 radical (unpaired) electrons. The second-order valence-electron chi connectivity index (χ2n) is 3.48. The fraction of sp³-hybridized carbons (Fsp3) is 0.455. The first-order valence-electron chi connectivity index (χ1n) is 4.52. The van der Waals surface area contributed by atoms with Gasteiger partial charge in [0.25, 0.3) is 0 Å². The van der Waals surface area contributed by atoms with Crippen LogP contribution in [0.3, 0.4) is 0 Å². The molecule has 1 aromatic carbocycles. The summed E-state index contributed by atoms with van der Waals surface area (Å²) in [4.78, 5) is 0. The summed E-state index contributed by atoms with van der Waals surface area (Å²) in [6, 6.07) is 6.03. The van der Waals surface area contributed by atoms with Crippen LogP contribution in [0.2, 0.25) is 5.02 Å². The van der Waals surface area contributed by atoms with E-state index in [2.05, 4.69) is 0 Å². The minimum Gasteiger partial charge on any atom is -0.393 e. The molecule has 1 nitrogen and oxygen atoms in total. The Kier molecular flexibility index (Phi) is 3.76. The Balaban J connectivity index is 2.67. The van der Waals surface area contributed by atoms with Gasteiger partial charge in [0.15, 0.2) is 0 Å². The highest BCUT2D eigenvalue weighted by atomic mass is 35.5. The molecule has 0 heterocycles. The smallest absolute Gasteiger partial charge is 0.0515 e. The van der Waals surface area contributed by atoms with Gasteiger partial charge in [0, 0.05) is 5.02 Å². The van der Waals surface area contributed by atoms with Crippen LogP contribution in [0, 0.1) is 6.92 Å². The molecule has 0 aromatic heterocycles. The highest BCUT2D eigenvalue weighted by molar-refractivity contribution is 6.31. The minimum atomic E-state index is -0.252. The maximum absolute atomic E-state index is 9.12. The van der Waals surface area contributed by atoms with Gasteiger partial charge in [0.05, 0.1) is 6.10 Å². The molecule has 1 atom stereocenters. The summed E-state index contributed by atoms with van der Waals surface area (Å²) in [6.45, 7) is 3.81. The SMILES string of the molecule is Cc1ccc(CC[C@@H](C)O)c(Cl)c1. The standard InChI is InChI=1S/C11H15ClO/c1-8-3-5-10(11(12)7-8)6-4-9(2)13/h3,5,7,9,13H,4,6H2,1-2H3/t9-/m1/s1. The molecule has 0 spiro atoms. The van der Waals surface area contributed by atoms with Crippen LogP contribution < -0.4 is 0 Å². The number of hydrogen-bond acceptors (Lipinski definition) is 1. The van der Waals surface area contributed by atoms with Crippen LogP contribution in [0.1, 0.15) is 24.5 Å². The Labute approximate surface area is 84.4 Å². The average molecular weight is 199 g/mol. The van der Waals surface area contributed by atoms with Crippen LogP contribution in [0.5, 0.6) is 0 Å². The molecule has 0 aliphatic heterocycles. The van der Waals surface area contributed by atoms with E-state index in [-0.39, 0.29) is 6.10 Å². The van der Waals surface area contributed by atoms with Crippen LogP contribution >= 0.6 is 11.6 Å². The fourth-order valence-electron chi connectivity index (χ4n) is 1.22. The van der Waals surface area contributed by atoms with E-state index in [0.29, 0.717) is 0 Å². The van der Waals surface area contributed by atoms with E-state index in [1.165, 1.54) is 5.56 Å². The van der Waals surface area contributed by atoms with Crippen molar-refractivity contribution in [3.8, 4) is 0 Å². The normalized spacial score (nSPS) is 12.9. The zero-order valence-electron chi connectivity index (χ0n) is 8.05. The van der Waals surface area contributed by atoms with E-state index in [4.69, 9.17) is 16.7 Å². The molecule has 0 unspecified atom stereocenters. The summed E-state index contributed by atoms with van der Waals surface area (Å²) >= 11 is 6.03. The van der Waals surface area contributed by atoms with Crippen molar-refractivity contribution in [1.29, 1.82) is 0 Å². The maximum Gasteiger partial charge on any atom is 0.0515 e. The molecule has 13 heavy (non-hydrogen) atoms. The highest BCUT2D eigenvalue weighted by Crippen LogP contribution is 2.19. The van der Waals surface area contributed by atoms with Crippen LogP contribution in [-0.2, 0) is 6.42 Å². The molecular formula is C11H15ClO. The van der Waals surface area contributed by atoms with Gasteiger partial charge in [-0.25, -0.2) is 0 Å². The first-order valence-corrected chi connectivity index (χ1v) is 4.90. The van der Waals surface area contributed by atoms with Crippen molar-refractivity contribution in [2.24, 2.45) is 0 Å². The summed E-state index contributed by atoms with van der Waals surface area (Å²) in [5.74, 6) is 0. The lowest BCUT2D eigenvalue weighted by Crippen LogP contribution is -2.01. The molecule has 0 bridgehead atoms. The largest absolute Gasteiger partial charge is 0.393 e. The van der Waals surface area contributed by atoms with Crippen LogP contribution in [0.4, 0.5) is 0 Å². The van der Waals surface area contributed by atoms with Gasteiger partial charge >= 0.3 is 0 Å². The van der Waals surface area contributed by atoms with Crippen molar-refractivity contribution in [3.05, 3.63) is 34.3 Å². The number of aliphatic hydroxyl groups excluding tert-OH is 1. The number of hydrogen-bond donors (Lipinski definition) is 1. The van der Waals surface area contributed by atoms with E-state index < -0.39 is 0 Å². The number of rotatable bonds is 3. The summed E-state index contributed by atoms with van der Waals surface area (Å²) < 4.78 is 0. The number of halogens is 1. The zero-order valence-corrected chi connectivity index (χ0v) is 8.80. The molecule has 1 aromatic rings. The molecule has 1 rings (SSSR count). The molecule has 2 heteroatoms. The lowest BCUT2D eigenvalue weighted by Gasteiger charge is -2.06. The Morgan fingerprint density at radius 2 is 2.15 bits per heavy atom. The van der Waals surface area contributed by atoms with Gasteiger partial charge in [-0.15, -0.1) is 0 Å². The predicted molar refractivity (Wildman–Crippen MR) is 56.2 cm³/mol. The van der Waals surface area contributed by atoms with Crippen molar-refractivity contribution in [2.45, 2.75) is 32.8 Å². The first kappa shape index (κ1) is 10.6.